The summed E-state index contributed by atoms with van der Waals surface area (Å²) in [6, 6.07) is 12.1. The van der Waals surface area contributed by atoms with Crippen LogP contribution < -0.4 is 21.5 Å². The Bertz CT molecular complexity index is 1290. The quantitative estimate of drug-likeness (QED) is 0.311. The molecular formula is C27H27F4N5O. The van der Waals surface area contributed by atoms with Gasteiger partial charge >= 0.3 is 6.36 Å². The first-order chi connectivity index (χ1) is 17.7. The number of alkyl halides is 3. The first-order valence-electron chi connectivity index (χ1n) is 11.9. The Labute approximate surface area is 212 Å². The van der Waals surface area contributed by atoms with Crippen LogP contribution in [0.1, 0.15) is 48.1 Å². The van der Waals surface area contributed by atoms with Gasteiger partial charge in [0.15, 0.2) is 0 Å². The van der Waals surface area contributed by atoms with Crippen LogP contribution >= 0.6 is 0 Å². The molecule has 6 nitrogen and oxygen atoms in total. The number of halogens is 4. The second kappa shape index (κ2) is 11.5. The minimum Gasteiger partial charge on any atom is -0.405 e. The van der Waals surface area contributed by atoms with Gasteiger partial charge in [-0.3, -0.25) is 0 Å². The minimum atomic E-state index is -4.81. The topological polar surface area (TPSA) is 99.1 Å². The molecule has 1 aromatic heterocycles. The molecule has 1 heterocycles. The van der Waals surface area contributed by atoms with E-state index in [1.165, 1.54) is 24.3 Å². The maximum absolute atomic E-state index is 14.1. The Hall–Kier alpha value is -3.84. The standard InChI is InChI=1S/C27H27F4N5O/c28-22-7-3-1-5-18(22)11-14-21-23(15-17-9-12-20(32)13-10-17)35-26(36-25(21)33)34-16-19-6-2-4-8-24(19)37-27(29,30)31/h1-8,17,20H,9-10,12-13,15-16,32H2,(H3,33,34,35,36). The van der Waals surface area contributed by atoms with Crippen LogP contribution in [0.2, 0.25) is 0 Å². The molecule has 1 fully saturated rings. The smallest absolute Gasteiger partial charge is 0.405 e. The van der Waals surface area contributed by atoms with Crippen molar-refractivity contribution in [2.75, 3.05) is 11.1 Å². The second-order valence-electron chi connectivity index (χ2n) is 8.98. The summed E-state index contributed by atoms with van der Waals surface area (Å²) in [4.78, 5) is 8.88. The number of nitrogen functional groups attached to an aromatic ring is 1. The summed E-state index contributed by atoms with van der Waals surface area (Å²) in [5.41, 5.74) is 13.8. The maximum atomic E-state index is 14.1. The van der Waals surface area contributed by atoms with Crippen LogP contribution in [-0.4, -0.2) is 22.4 Å². The van der Waals surface area contributed by atoms with Crippen LogP contribution in [0.3, 0.4) is 0 Å². The van der Waals surface area contributed by atoms with Gasteiger partial charge in [-0.1, -0.05) is 42.2 Å². The van der Waals surface area contributed by atoms with Gasteiger partial charge in [0.05, 0.1) is 16.8 Å². The number of nitrogens with two attached hydrogens (primary N) is 2. The van der Waals surface area contributed by atoms with E-state index in [0.29, 0.717) is 23.6 Å². The van der Waals surface area contributed by atoms with E-state index in [2.05, 4.69) is 31.9 Å². The SMILES string of the molecule is Nc1nc(NCc2ccccc2OC(F)(F)F)nc(CC2CCC(N)CC2)c1C#Cc1ccccc1F. The largest absolute Gasteiger partial charge is 0.573 e. The number of hydrogen-bond acceptors (Lipinski definition) is 6. The lowest BCUT2D eigenvalue weighted by atomic mass is 9.83. The summed E-state index contributed by atoms with van der Waals surface area (Å²) in [5.74, 6) is 5.55. The third-order valence-electron chi connectivity index (χ3n) is 6.22. The third-order valence-corrected chi connectivity index (χ3v) is 6.22. The zero-order valence-electron chi connectivity index (χ0n) is 20.0. The molecule has 4 rings (SSSR count). The number of nitrogens with zero attached hydrogens (tertiary/aromatic N) is 2. The van der Waals surface area contributed by atoms with Crippen molar-refractivity contribution >= 4 is 11.8 Å². The van der Waals surface area contributed by atoms with Gasteiger partial charge in [0.2, 0.25) is 5.95 Å². The van der Waals surface area contributed by atoms with E-state index >= 15 is 0 Å². The lowest BCUT2D eigenvalue weighted by molar-refractivity contribution is -0.274. The van der Waals surface area contributed by atoms with E-state index in [1.54, 1.807) is 24.3 Å². The van der Waals surface area contributed by atoms with Crippen molar-refractivity contribution in [2.24, 2.45) is 11.7 Å². The lowest BCUT2D eigenvalue weighted by Gasteiger charge is -2.26. The van der Waals surface area contributed by atoms with Crippen molar-refractivity contribution in [1.82, 2.24) is 9.97 Å². The molecule has 0 aliphatic heterocycles. The number of ether oxygens (including phenoxy) is 1. The number of nitrogens with one attached hydrogen (secondary N) is 1. The highest BCUT2D eigenvalue weighted by Gasteiger charge is 2.32. The number of benzene rings is 2. The van der Waals surface area contributed by atoms with Crippen molar-refractivity contribution in [1.29, 1.82) is 0 Å². The van der Waals surface area contributed by atoms with Gasteiger partial charge in [0.25, 0.3) is 0 Å². The molecule has 0 radical (unpaired) electrons. The summed E-state index contributed by atoms with van der Waals surface area (Å²) in [6.45, 7) is -0.0241. The number of hydrogen-bond donors (Lipinski definition) is 3. The van der Waals surface area contributed by atoms with E-state index in [4.69, 9.17) is 11.5 Å². The summed E-state index contributed by atoms with van der Waals surface area (Å²) in [5, 5.41) is 2.95. The molecule has 2 aromatic carbocycles. The fraction of sp³-hybridized carbons (Fsp3) is 0.333. The first-order valence-corrected chi connectivity index (χ1v) is 11.9. The zero-order chi connectivity index (χ0) is 26.4. The molecule has 0 spiro atoms. The molecule has 1 aliphatic carbocycles. The maximum Gasteiger partial charge on any atom is 0.573 e. The molecule has 37 heavy (non-hydrogen) atoms. The van der Waals surface area contributed by atoms with Gasteiger partial charge in [-0.2, -0.15) is 4.98 Å². The molecular weight excluding hydrogens is 486 g/mol. The van der Waals surface area contributed by atoms with Gasteiger partial charge in [-0.15, -0.1) is 13.2 Å². The molecule has 0 amide bonds. The van der Waals surface area contributed by atoms with E-state index in [-0.39, 0.29) is 41.2 Å². The fourth-order valence-corrected chi connectivity index (χ4v) is 4.30. The Morgan fingerprint density at radius 3 is 2.41 bits per heavy atom. The predicted molar refractivity (Wildman–Crippen MR) is 133 cm³/mol. The highest BCUT2D eigenvalue weighted by atomic mass is 19.4. The number of rotatable bonds is 6. The Balaban J connectivity index is 1.61. The Morgan fingerprint density at radius 1 is 0.973 bits per heavy atom. The normalized spacial score (nSPS) is 17.5. The molecule has 0 bridgehead atoms. The van der Waals surface area contributed by atoms with Gasteiger partial charge in [-0.25, -0.2) is 9.37 Å². The molecule has 1 saturated carbocycles. The lowest BCUT2D eigenvalue weighted by Crippen LogP contribution is -2.27. The van der Waals surface area contributed by atoms with Crippen molar-refractivity contribution in [3.05, 3.63) is 76.7 Å². The highest BCUT2D eigenvalue weighted by Crippen LogP contribution is 2.29. The highest BCUT2D eigenvalue weighted by molar-refractivity contribution is 5.58. The van der Waals surface area contributed by atoms with Crippen LogP contribution in [-0.2, 0) is 13.0 Å². The summed E-state index contributed by atoms with van der Waals surface area (Å²) < 4.78 is 56.5. The van der Waals surface area contributed by atoms with Crippen LogP contribution in [0.4, 0.5) is 29.3 Å². The summed E-state index contributed by atoms with van der Waals surface area (Å²) >= 11 is 0. The predicted octanol–water partition coefficient (Wildman–Crippen LogP) is 5.17. The van der Waals surface area contributed by atoms with Crippen LogP contribution in [0.15, 0.2) is 48.5 Å². The zero-order valence-corrected chi connectivity index (χ0v) is 20.0. The summed E-state index contributed by atoms with van der Waals surface area (Å²) in [7, 11) is 0. The van der Waals surface area contributed by atoms with Gasteiger partial charge in [-0.05, 0) is 56.2 Å². The van der Waals surface area contributed by atoms with Gasteiger partial charge in [0, 0.05) is 18.2 Å². The Morgan fingerprint density at radius 2 is 1.68 bits per heavy atom. The van der Waals surface area contributed by atoms with Crippen molar-refractivity contribution < 1.29 is 22.3 Å². The van der Waals surface area contributed by atoms with Crippen molar-refractivity contribution in [2.45, 2.75) is 51.1 Å². The molecule has 0 unspecified atom stereocenters. The van der Waals surface area contributed by atoms with Crippen LogP contribution in [0.25, 0.3) is 0 Å². The average molecular weight is 514 g/mol. The third kappa shape index (κ3) is 7.33. The molecule has 0 atom stereocenters. The second-order valence-corrected chi connectivity index (χ2v) is 8.98. The van der Waals surface area contributed by atoms with Gasteiger partial charge < -0.3 is 21.5 Å². The van der Waals surface area contributed by atoms with Gasteiger partial charge in [0.1, 0.15) is 17.4 Å². The number of aromatic nitrogens is 2. The van der Waals surface area contributed by atoms with E-state index in [1.807, 2.05) is 0 Å². The van der Waals surface area contributed by atoms with Crippen molar-refractivity contribution in [3.63, 3.8) is 0 Å². The van der Waals surface area contributed by atoms with E-state index in [0.717, 1.165) is 25.7 Å². The number of para-hydroxylation sites is 1. The van der Waals surface area contributed by atoms with E-state index < -0.39 is 12.2 Å². The van der Waals surface area contributed by atoms with Crippen LogP contribution in [0, 0.1) is 23.6 Å². The van der Waals surface area contributed by atoms with Crippen molar-refractivity contribution in [3.8, 4) is 17.6 Å². The molecule has 5 N–H and O–H groups in total. The van der Waals surface area contributed by atoms with Crippen LogP contribution in [0.5, 0.6) is 5.75 Å². The minimum absolute atomic E-state index is 0.0241. The number of anilines is 2. The summed E-state index contributed by atoms with van der Waals surface area (Å²) in [6.07, 6.45) is -0.577. The fourth-order valence-electron chi connectivity index (χ4n) is 4.30. The Kier molecular flexibility index (Phi) is 8.14. The molecule has 0 saturated heterocycles. The molecule has 10 heteroatoms. The average Bonchev–Trinajstić information content (AvgIpc) is 2.84. The molecule has 194 valence electrons. The molecule has 3 aromatic rings. The molecule has 1 aliphatic rings. The van der Waals surface area contributed by atoms with E-state index in [9.17, 15) is 17.6 Å². The first kappa shape index (κ1) is 26.2. The monoisotopic (exact) mass is 513 g/mol.